The van der Waals surface area contributed by atoms with Gasteiger partial charge in [-0.25, -0.2) is 8.78 Å². The maximum absolute atomic E-state index is 13.4. The third-order valence-electron chi connectivity index (χ3n) is 2.67. The molecule has 0 amide bonds. The molecule has 2 rings (SSSR count). The fraction of sp³-hybridized carbons (Fsp3) is 0.0625. The van der Waals surface area contributed by atoms with Gasteiger partial charge in [0.1, 0.15) is 11.6 Å². The van der Waals surface area contributed by atoms with Crippen LogP contribution in [0.25, 0.3) is 6.08 Å². The first-order valence-corrected chi connectivity index (χ1v) is 5.80. The van der Waals surface area contributed by atoms with E-state index in [0.29, 0.717) is 5.56 Å². The summed E-state index contributed by atoms with van der Waals surface area (Å²) in [7, 11) is 0. The fourth-order valence-corrected chi connectivity index (χ4v) is 1.70. The number of halogens is 2. The molecule has 0 atom stereocenters. The third-order valence-corrected chi connectivity index (χ3v) is 2.67. The SMILES string of the molecule is Cc1cccc(C(=O)/C=C/c2cc(F)ccc2F)c1. The van der Waals surface area contributed by atoms with Crippen molar-refractivity contribution < 1.29 is 13.6 Å². The monoisotopic (exact) mass is 258 g/mol. The van der Waals surface area contributed by atoms with Crippen molar-refractivity contribution in [1.82, 2.24) is 0 Å². The molecule has 0 radical (unpaired) electrons. The average molecular weight is 258 g/mol. The zero-order valence-corrected chi connectivity index (χ0v) is 10.4. The molecule has 0 spiro atoms. The zero-order valence-electron chi connectivity index (χ0n) is 10.4. The third kappa shape index (κ3) is 3.35. The number of hydrogen-bond donors (Lipinski definition) is 0. The number of benzene rings is 2. The summed E-state index contributed by atoms with van der Waals surface area (Å²) in [6.07, 6.45) is 2.52. The number of aryl methyl sites for hydroxylation is 1. The predicted octanol–water partition coefficient (Wildman–Crippen LogP) is 4.17. The lowest BCUT2D eigenvalue weighted by Gasteiger charge is -1.99. The molecule has 0 unspecified atom stereocenters. The molecule has 0 aliphatic heterocycles. The van der Waals surface area contributed by atoms with E-state index in [1.807, 2.05) is 13.0 Å². The van der Waals surface area contributed by atoms with Crippen LogP contribution in [0.4, 0.5) is 8.78 Å². The Hall–Kier alpha value is -2.29. The minimum absolute atomic E-state index is 0.0565. The Morgan fingerprint density at radius 3 is 2.63 bits per heavy atom. The van der Waals surface area contributed by atoms with Crippen molar-refractivity contribution in [2.24, 2.45) is 0 Å². The Morgan fingerprint density at radius 2 is 1.89 bits per heavy atom. The van der Waals surface area contributed by atoms with Crippen LogP contribution in [0.5, 0.6) is 0 Å². The van der Waals surface area contributed by atoms with Gasteiger partial charge in [-0.2, -0.15) is 0 Å². The highest BCUT2D eigenvalue weighted by Crippen LogP contribution is 2.12. The number of carbonyl (C=O) groups is 1. The first-order valence-electron chi connectivity index (χ1n) is 5.80. The number of ketones is 1. The lowest BCUT2D eigenvalue weighted by atomic mass is 10.1. The lowest BCUT2D eigenvalue weighted by molar-refractivity contribution is 0.104. The van der Waals surface area contributed by atoms with Crippen LogP contribution in [0.3, 0.4) is 0 Å². The summed E-state index contributed by atoms with van der Waals surface area (Å²) in [6, 6.07) is 10.2. The molecule has 0 saturated heterocycles. The van der Waals surface area contributed by atoms with E-state index in [2.05, 4.69) is 0 Å². The van der Waals surface area contributed by atoms with Crippen LogP contribution < -0.4 is 0 Å². The van der Waals surface area contributed by atoms with Crippen LogP contribution in [-0.4, -0.2) is 5.78 Å². The van der Waals surface area contributed by atoms with Crippen LogP contribution in [0, 0.1) is 18.6 Å². The van der Waals surface area contributed by atoms with Crippen molar-refractivity contribution >= 4 is 11.9 Å². The molecule has 19 heavy (non-hydrogen) atoms. The van der Waals surface area contributed by atoms with Crippen LogP contribution in [0.2, 0.25) is 0 Å². The second-order valence-electron chi connectivity index (χ2n) is 4.23. The highest BCUT2D eigenvalue weighted by molar-refractivity contribution is 6.06. The molecule has 0 bridgehead atoms. The molecule has 0 aromatic heterocycles. The smallest absolute Gasteiger partial charge is 0.185 e. The van der Waals surface area contributed by atoms with E-state index in [4.69, 9.17) is 0 Å². The van der Waals surface area contributed by atoms with Crippen LogP contribution in [0.15, 0.2) is 48.5 Å². The normalized spacial score (nSPS) is 10.9. The molecule has 0 N–H and O–H groups in total. The zero-order chi connectivity index (χ0) is 13.8. The summed E-state index contributed by atoms with van der Waals surface area (Å²) in [5.74, 6) is -1.34. The van der Waals surface area contributed by atoms with Crippen molar-refractivity contribution in [2.45, 2.75) is 6.92 Å². The van der Waals surface area contributed by atoms with E-state index in [1.165, 1.54) is 12.2 Å². The first kappa shape index (κ1) is 13.1. The maximum atomic E-state index is 13.4. The molecule has 0 saturated carbocycles. The number of hydrogen-bond acceptors (Lipinski definition) is 1. The van der Waals surface area contributed by atoms with Crippen molar-refractivity contribution in [2.75, 3.05) is 0 Å². The molecule has 2 aromatic carbocycles. The molecule has 0 aliphatic carbocycles. The van der Waals surface area contributed by atoms with E-state index in [1.54, 1.807) is 18.2 Å². The molecule has 3 heteroatoms. The molecule has 0 aliphatic rings. The van der Waals surface area contributed by atoms with Gasteiger partial charge < -0.3 is 0 Å². The Kier molecular flexibility index (Phi) is 3.85. The van der Waals surface area contributed by atoms with Crippen molar-refractivity contribution in [1.29, 1.82) is 0 Å². The highest BCUT2D eigenvalue weighted by Gasteiger charge is 2.04. The van der Waals surface area contributed by atoms with Crippen LogP contribution >= 0.6 is 0 Å². The van der Waals surface area contributed by atoms with Gasteiger partial charge in [0.15, 0.2) is 5.78 Å². The van der Waals surface area contributed by atoms with Crippen molar-refractivity contribution in [3.05, 3.63) is 76.9 Å². The minimum Gasteiger partial charge on any atom is -0.289 e. The van der Waals surface area contributed by atoms with Gasteiger partial charge in [0, 0.05) is 11.1 Å². The quantitative estimate of drug-likeness (QED) is 0.596. The molecule has 96 valence electrons. The fourth-order valence-electron chi connectivity index (χ4n) is 1.70. The van der Waals surface area contributed by atoms with E-state index < -0.39 is 11.6 Å². The summed E-state index contributed by atoms with van der Waals surface area (Å²) >= 11 is 0. The summed E-state index contributed by atoms with van der Waals surface area (Å²) in [6.45, 7) is 1.88. The largest absolute Gasteiger partial charge is 0.289 e. The first-order chi connectivity index (χ1) is 9.06. The van der Waals surface area contributed by atoms with Crippen molar-refractivity contribution in [3.63, 3.8) is 0 Å². The summed E-state index contributed by atoms with van der Waals surface area (Å²) in [5.41, 5.74) is 1.55. The topological polar surface area (TPSA) is 17.1 Å². The number of rotatable bonds is 3. The number of carbonyl (C=O) groups excluding carboxylic acids is 1. The Balaban J connectivity index is 2.23. The highest BCUT2D eigenvalue weighted by atomic mass is 19.1. The minimum atomic E-state index is -0.560. The molecule has 0 heterocycles. The molecular formula is C16H12F2O. The lowest BCUT2D eigenvalue weighted by Crippen LogP contribution is -1.94. The van der Waals surface area contributed by atoms with Gasteiger partial charge in [0.05, 0.1) is 0 Å². The van der Waals surface area contributed by atoms with Crippen molar-refractivity contribution in [3.8, 4) is 0 Å². The van der Waals surface area contributed by atoms with Gasteiger partial charge in [-0.3, -0.25) is 4.79 Å². The van der Waals surface area contributed by atoms with Gasteiger partial charge in [-0.15, -0.1) is 0 Å². The molecule has 0 fully saturated rings. The molecule has 2 aromatic rings. The molecular weight excluding hydrogens is 246 g/mol. The van der Waals surface area contributed by atoms with Crippen LogP contribution in [-0.2, 0) is 0 Å². The van der Waals surface area contributed by atoms with E-state index in [9.17, 15) is 13.6 Å². The Morgan fingerprint density at radius 1 is 1.11 bits per heavy atom. The Labute approximate surface area is 110 Å². The van der Waals surface area contributed by atoms with E-state index in [0.717, 1.165) is 23.8 Å². The summed E-state index contributed by atoms with van der Waals surface area (Å²) in [4.78, 5) is 11.9. The van der Waals surface area contributed by atoms with Crippen LogP contribution in [0.1, 0.15) is 21.5 Å². The summed E-state index contributed by atoms with van der Waals surface area (Å²) in [5, 5.41) is 0. The van der Waals surface area contributed by atoms with Gasteiger partial charge in [0.2, 0.25) is 0 Å². The van der Waals surface area contributed by atoms with Gasteiger partial charge in [-0.1, -0.05) is 23.8 Å². The predicted molar refractivity (Wildman–Crippen MR) is 70.9 cm³/mol. The average Bonchev–Trinajstić information content (AvgIpc) is 2.39. The van der Waals surface area contributed by atoms with E-state index in [-0.39, 0.29) is 11.3 Å². The standard InChI is InChI=1S/C16H12F2O/c1-11-3-2-4-13(9-11)16(19)8-5-12-10-14(17)6-7-15(12)18/h2-10H,1H3/b8-5+. The second kappa shape index (κ2) is 5.57. The van der Waals surface area contributed by atoms with E-state index >= 15 is 0 Å². The Bertz CT molecular complexity index is 645. The van der Waals surface area contributed by atoms with Gasteiger partial charge in [0.25, 0.3) is 0 Å². The maximum Gasteiger partial charge on any atom is 0.185 e. The molecule has 1 nitrogen and oxygen atoms in total. The van der Waals surface area contributed by atoms with Gasteiger partial charge in [-0.05, 0) is 43.3 Å². The number of allylic oxidation sites excluding steroid dienone is 1. The second-order valence-corrected chi connectivity index (χ2v) is 4.23. The van der Waals surface area contributed by atoms with Gasteiger partial charge >= 0.3 is 0 Å². The summed E-state index contributed by atoms with van der Waals surface area (Å²) < 4.78 is 26.3.